The minimum Gasteiger partial charge on any atom is -0.338 e. The molecule has 1 aliphatic carbocycles. The number of benzene rings is 2. The molecule has 4 heteroatoms. The Kier molecular flexibility index (Phi) is 4.87. The summed E-state index contributed by atoms with van der Waals surface area (Å²) in [5.74, 6) is 0. The first-order valence-corrected chi connectivity index (χ1v) is 8.37. The lowest BCUT2D eigenvalue weighted by Crippen LogP contribution is -2.40. The Bertz CT molecular complexity index is 651. The molecule has 2 aromatic rings. The van der Waals surface area contributed by atoms with Crippen LogP contribution >= 0.6 is 11.6 Å². The number of carbonyl (C=O) groups is 1. The lowest BCUT2D eigenvalue weighted by Gasteiger charge is -2.17. The highest BCUT2D eigenvalue weighted by molar-refractivity contribution is 6.30. The molecule has 0 bridgehead atoms. The van der Waals surface area contributed by atoms with Crippen LogP contribution in [0.5, 0.6) is 0 Å². The van der Waals surface area contributed by atoms with Crippen molar-refractivity contribution in [2.45, 2.75) is 24.7 Å². The summed E-state index contributed by atoms with van der Waals surface area (Å²) in [5, 5.41) is 6.65. The molecule has 3 rings (SSSR count). The average Bonchev–Trinajstić information content (AvgIpc) is 3.37. The lowest BCUT2D eigenvalue weighted by atomic mass is 9.96. The standard InChI is InChI=1S/C19H21ClN2O/c20-17-8-6-15(7-9-17)10-13-21-18(23)22-14-19(11-12-19)16-4-2-1-3-5-16/h1-9H,10-14H2,(H2,21,22,23). The third-order valence-corrected chi connectivity index (χ3v) is 4.69. The third kappa shape index (κ3) is 4.26. The molecule has 3 nitrogen and oxygen atoms in total. The number of urea groups is 1. The molecule has 2 aromatic carbocycles. The minimum absolute atomic E-state index is 0.0961. The SMILES string of the molecule is O=C(NCCc1ccc(Cl)cc1)NCC1(c2ccccc2)CC1. The first-order valence-electron chi connectivity index (χ1n) is 8.00. The molecule has 1 aliphatic rings. The largest absolute Gasteiger partial charge is 0.338 e. The van der Waals surface area contributed by atoms with Gasteiger partial charge < -0.3 is 10.6 Å². The van der Waals surface area contributed by atoms with E-state index in [1.54, 1.807) is 0 Å². The van der Waals surface area contributed by atoms with Crippen LogP contribution in [0.4, 0.5) is 4.79 Å². The van der Waals surface area contributed by atoms with E-state index in [2.05, 4.69) is 34.9 Å². The maximum Gasteiger partial charge on any atom is 0.314 e. The van der Waals surface area contributed by atoms with Gasteiger partial charge in [0, 0.05) is 23.5 Å². The number of hydrogen-bond donors (Lipinski definition) is 2. The van der Waals surface area contributed by atoms with Crippen molar-refractivity contribution in [1.82, 2.24) is 10.6 Å². The van der Waals surface area contributed by atoms with E-state index < -0.39 is 0 Å². The van der Waals surface area contributed by atoms with Gasteiger partial charge in [-0.15, -0.1) is 0 Å². The van der Waals surface area contributed by atoms with Crippen LogP contribution in [-0.4, -0.2) is 19.1 Å². The monoisotopic (exact) mass is 328 g/mol. The molecule has 0 aromatic heterocycles. The van der Waals surface area contributed by atoms with Gasteiger partial charge in [-0.3, -0.25) is 0 Å². The molecule has 0 heterocycles. The van der Waals surface area contributed by atoms with Crippen LogP contribution in [-0.2, 0) is 11.8 Å². The summed E-state index contributed by atoms with van der Waals surface area (Å²) in [6.45, 7) is 1.32. The smallest absolute Gasteiger partial charge is 0.314 e. The van der Waals surface area contributed by atoms with Crippen molar-refractivity contribution in [2.24, 2.45) is 0 Å². The van der Waals surface area contributed by atoms with Crippen molar-refractivity contribution in [1.29, 1.82) is 0 Å². The molecular formula is C19H21ClN2O. The van der Waals surface area contributed by atoms with Gasteiger partial charge in [0.05, 0.1) is 0 Å². The second-order valence-electron chi connectivity index (χ2n) is 6.13. The molecule has 1 fully saturated rings. The Hall–Kier alpha value is -2.00. The molecule has 120 valence electrons. The van der Waals surface area contributed by atoms with Crippen LogP contribution in [0.25, 0.3) is 0 Å². The van der Waals surface area contributed by atoms with E-state index in [4.69, 9.17) is 11.6 Å². The van der Waals surface area contributed by atoms with Gasteiger partial charge in [-0.1, -0.05) is 54.1 Å². The van der Waals surface area contributed by atoms with Crippen LogP contribution in [0.1, 0.15) is 24.0 Å². The molecule has 0 unspecified atom stereocenters. The van der Waals surface area contributed by atoms with E-state index in [0.29, 0.717) is 13.1 Å². The zero-order valence-electron chi connectivity index (χ0n) is 13.0. The van der Waals surface area contributed by atoms with E-state index in [1.165, 1.54) is 5.56 Å². The molecule has 2 N–H and O–H groups in total. The van der Waals surface area contributed by atoms with Crippen molar-refractivity contribution in [3.8, 4) is 0 Å². The Morgan fingerprint density at radius 1 is 1.00 bits per heavy atom. The van der Waals surface area contributed by atoms with Gasteiger partial charge in [0.2, 0.25) is 0 Å². The summed E-state index contributed by atoms with van der Waals surface area (Å²) in [6.07, 6.45) is 3.08. The minimum atomic E-state index is -0.0961. The van der Waals surface area contributed by atoms with Gasteiger partial charge in [-0.2, -0.15) is 0 Å². The molecule has 0 atom stereocenters. The second-order valence-corrected chi connectivity index (χ2v) is 6.57. The number of rotatable bonds is 6. The van der Waals surface area contributed by atoms with Gasteiger partial charge in [0.25, 0.3) is 0 Å². The average molecular weight is 329 g/mol. The lowest BCUT2D eigenvalue weighted by molar-refractivity contribution is 0.240. The summed E-state index contributed by atoms with van der Waals surface area (Å²) in [4.78, 5) is 11.9. The van der Waals surface area contributed by atoms with E-state index in [1.807, 2.05) is 30.3 Å². The Morgan fingerprint density at radius 3 is 2.35 bits per heavy atom. The first kappa shape index (κ1) is 15.9. The molecule has 1 saturated carbocycles. The maximum atomic E-state index is 11.9. The van der Waals surface area contributed by atoms with Crippen LogP contribution < -0.4 is 10.6 Å². The summed E-state index contributed by atoms with van der Waals surface area (Å²) in [7, 11) is 0. The fourth-order valence-electron chi connectivity index (χ4n) is 2.79. The molecule has 2 amide bonds. The van der Waals surface area contributed by atoms with E-state index in [-0.39, 0.29) is 11.4 Å². The molecule has 23 heavy (non-hydrogen) atoms. The predicted molar refractivity (Wildman–Crippen MR) is 93.9 cm³/mol. The molecule has 0 aliphatic heterocycles. The summed E-state index contributed by atoms with van der Waals surface area (Å²) in [5.41, 5.74) is 2.63. The molecular weight excluding hydrogens is 308 g/mol. The van der Waals surface area contributed by atoms with E-state index >= 15 is 0 Å². The Labute approximate surface area is 142 Å². The normalized spacial score (nSPS) is 15.0. The predicted octanol–water partition coefficient (Wildman–Crippen LogP) is 3.91. The van der Waals surface area contributed by atoms with Crippen molar-refractivity contribution in [3.05, 3.63) is 70.7 Å². The summed E-state index contributed by atoms with van der Waals surface area (Å²) in [6, 6.07) is 18.0. The Morgan fingerprint density at radius 2 is 1.70 bits per heavy atom. The number of nitrogens with one attached hydrogen (secondary N) is 2. The van der Waals surface area contributed by atoms with E-state index in [0.717, 1.165) is 29.8 Å². The fraction of sp³-hybridized carbons (Fsp3) is 0.316. The number of amides is 2. The van der Waals surface area contributed by atoms with Crippen LogP contribution in [0, 0.1) is 0 Å². The fourth-order valence-corrected chi connectivity index (χ4v) is 2.92. The first-order chi connectivity index (χ1) is 11.2. The third-order valence-electron chi connectivity index (χ3n) is 4.44. The van der Waals surface area contributed by atoms with Crippen molar-refractivity contribution in [2.75, 3.05) is 13.1 Å². The molecule has 0 spiro atoms. The highest BCUT2D eigenvalue weighted by Gasteiger charge is 2.44. The molecule has 0 saturated heterocycles. The second kappa shape index (κ2) is 7.05. The quantitative estimate of drug-likeness (QED) is 0.829. The zero-order chi connectivity index (χ0) is 16.1. The number of halogens is 1. The van der Waals surface area contributed by atoms with Gasteiger partial charge in [-0.05, 0) is 42.5 Å². The van der Waals surface area contributed by atoms with Crippen LogP contribution in [0.15, 0.2) is 54.6 Å². The van der Waals surface area contributed by atoms with E-state index in [9.17, 15) is 4.79 Å². The van der Waals surface area contributed by atoms with Crippen LogP contribution in [0.3, 0.4) is 0 Å². The topological polar surface area (TPSA) is 41.1 Å². The van der Waals surface area contributed by atoms with Gasteiger partial charge in [0.15, 0.2) is 0 Å². The summed E-state index contributed by atoms with van der Waals surface area (Å²) < 4.78 is 0. The van der Waals surface area contributed by atoms with Crippen LogP contribution in [0.2, 0.25) is 5.02 Å². The van der Waals surface area contributed by atoms with Gasteiger partial charge in [-0.25, -0.2) is 4.79 Å². The van der Waals surface area contributed by atoms with Gasteiger partial charge in [0.1, 0.15) is 0 Å². The Balaban J connectivity index is 1.41. The summed E-state index contributed by atoms with van der Waals surface area (Å²) >= 11 is 5.86. The van der Waals surface area contributed by atoms with Crippen molar-refractivity contribution >= 4 is 17.6 Å². The van der Waals surface area contributed by atoms with Gasteiger partial charge >= 0.3 is 6.03 Å². The highest BCUT2D eigenvalue weighted by Crippen LogP contribution is 2.47. The van der Waals surface area contributed by atoms with Crippen molar-refractivity contribution in [3.63, 3.8) is 0 Å². The highest BCUT2D eigenvalue weighted by atomic mass is 35.5. The number of hydrogen-bond acceptors (Lipinski definition) is 1. The van der Waals surface area contributed by atoms with Crippen molar-refractivity contribution < 1.29 is 4.79 Å². The maximum absolute atomic E-state index is 11.9. The number of carbonyl (C=O) groups excluding carboxylic acids is 1. The molecule has 0 radical (unpaired) electrons. The zero-order valence-corrected chi connectivity index (χ0v) is 13.8.